The van der Waals surface area contributed by atoms with Crippen LogP contribution < -0.4 is 15.2 Å². The van der Waals surface area contributed by atoms with E-state index in [0.717, 1.165) is 23.3 Å². The van der Waals surface area contributed by atoms with E-state index in [9.17, 15) is 8.42 Å². The van der Waals surface area contributed by atoms with Gasteiger partial charge in [-0.2, -0.15) is 0 Å². The average molecular weight is 427 g/mol. The third kappa shape index (κ3) is 4.12. The smallest absolute Gasteiger partial charge is 0.258 e. The molecule has 2 unspecified atom stereocenters. The normalized spacial score (nSPS) is 18.6. The van der Waals surface area contributed by atoms with Crippen molar-refractivity contribution in [1.82, 2.24) is 14.3 Å². The van der Waals surface area contributed by atoms with Gasteiger partial charge in [0.25, 0.3) is 10.0 Å². The van der Waals surface area contributed by atoms with E-state index in [4.69, 9.17) is 10.5 Å². The minimum absolute atomic E-state index is 0.104. The Morgan fingerprint density at radius 1 is 1.20 bits per heavy atom. The van der Waals surface area contributed by atoms with Crippen LogP contribution in [-0.2, 0) is 30.0 Å². The van der Waals surface area contributed by atoms with E-state index in [-0.39, 0.29) is 23.5 Å². The van der Waals surface area contributed by atoms with Gasteiger partial charge in [0.2, 0.25) is 0 Å². The van der Waals surface area contributed by atoms with Gasteiger partial charge in [-0.15, -0.1) is 0 Å². The van der Waals surface area contributed by atoms with E-state index in [2.05, 4.69) is 21.8 Å². The second-order valence-corrected chi connectivity index (χ2v) is 9.38. The molecule has 2 heterocycles. The zero-order valence-corrected chi connectivity index (χ0v) is 17.9. The van der Waals surface area contributed by atoms with Crippen molar-refractivity contribution in [1.29, 1.82) is 0 Å². The highest BCUT2D eigenvalue weighted by Crippen LogP contribution is 2.36. The Bertz CT molecular complexity index is 1140. The van der Waals surface area contributed by atoms with Crippen LogP contribution in [0.4, 0.5) is 0 Å². The predicted molar refractivity (Wildman–Crippen MR) is 115 cm³/mol. The van der Waals surface area contributed by atoms with E-state index in [1.165, 1.54) is 11.8 Å². The predicted octanol–water partition coefficient (Wildman–Crippen LogP) is 2.25. The standard InChI is InChI=1S/C22H26N4O3S/c1-15-24-13-22(26(15)2)30(27,28)25-12-17-8-9-21-19(11-17)18(20(23)14-29-21)10-16-6-4-3-5-7-16/h3-9,11,13,18,20,25H,10,12,14,23H2,1-2H3. The molecule has 3 N–H and O–H groups in total. The highest BCUT2D eigenvalue weighted by atomic mass is 32.2. The van der Waals surface area contributed by atoms with Crippen molar-refractivity contribution in [2.45, 2.75) is 36.9 Å². The molecule has 1 aromatic heterocycles. The number of imidazole rings is 1. The molecule has 0 amide bonds. The number of aryl methyl sites for hydroxylation is 1. The Morgan fingerprint density at radius 3 is 2.67 bits per heavy atom. The number of nitrogens with zero attached hydrogens (tertiary/aromatic N) is 2. The highest BCUT2D eigenvalue weighted by molar-refractivity contribution is 7.89. The fourth-order valence-corrected chi connectivity index (χ4v) is 4.96. The van der Waals surface area contributed by atoms with Crippen LogP contribution in [0, 0.1) is 6.92 Å². The van der Waals surface area contributed by atoms with Gasteiger partial charge in [-0.05, 0) is 36.1 Å². The van der Waals surface area contributed by atoms with Gasteiger partial charge in [-0.1, -0.05) is 42.5 Å². The van der Waals surface area contributed by atoms with E-state index in [0.29, 0.717) is 12.4 Å². The lowest BCUT2D eigenvalue weighted by atomic mass is 9.84. The molecule has 4 rings (SSSR count). The molecule has 0 spiro atoms. The molecular weight excluding hydrogens is 400 g/mol. The monoisotopic (exact) mass is 426 g/mol. The van der Waals surface area contributed by atoms with Crippen molar-refractivity contribution < 1.29 is 13.2 Å². The number of hydrogen-bond acceptors (Lipinski definition) is 5. The number of rotatable bonds is 6. The summed E-state index contributed by atoms with van der Waals surface area (Å²) in [5.41, 5.74) is 9.47. The molecule has 1 aliphatic heterocycles. The molecular formula is C22H26N4O3S. The molecule has 2 atom stereocenters. The van der Waals surface area contributed by atoms with Crippen LogP contribution in [0.15, 0.2) is 59.8 Å². The summed E-state index contributed by atoms with van der Waals surface area (Å²) in [7, 11) is -1.98. The molecule has 0 saturated carbocycles. The van der Waals surface area contributed by atoms with Crippen LogP contribution >= 0.6 is 0 Å². The minimum Gasteiger partial charge on any atom is -0.492 e. The van der Waals surface area contributed by atoms with Gasteiger partial charge in [-0.25, -0.2) is 18.1 Å². The second-order valence-electron chi connectivity index (χ2n) is 7.67. The van der Waals surface area contributed by atoms with Crippen LogP contribution in [0.5, 0.6) is 5.75 Å². The topological polar surface area (TPSA) is 99.2 Å². The lowest BCUT2D eigenvalue weighted by Gasteiger charge is -2.32. The Labute approximate surface area is 176 Å². The summed E-state index contributed by atoms with van der Waals surface area (Å²) in [6.45, 7) is 2.40. The molecule has 0 radical (unpaired) electrons. The molecule has 1 aliphatic rings. The third-order valence-electron chi connectivity index (χ3n) is 5.64. The van der Waals surface area contributed by atoms with E-state index in [1.54, 1.807) is 18.5 Å². The summed E-state index contributed by atoms with van der Waals surface area (Å²) in [5, 5.41) is 0.144. The van der Waals surface area contributed by atoms with Gasteiger partial charge in [0.1, 0.15) is 18.2 Å². The number of fused-ring (bicyclic) bond motifs is 1. The fourth-order valence-electron chi connectivity index (χ4n) is 3.77. The van der Waals surface area contributed by atoms with Gasteiger partial charge in [0.15, 0.2) is 5.03 Å². The van der Waals surface area contributed by atoms with Gasteiger partial charge < -0.3 is 15.0 Å². The van der Waals surface area contributed by atoms with Gasteiger partial charge in [0, 0.05) is 25.6 Å². The average Bonchev–Trinajstić information content (AvgIpc) is 3.09. The van der Waals surface area contributed by atoms with Crippen molar-refractivity contribution in [3.05, 3.63) is 77.2 Å². The first-order valence-corrected chi connectivity index (χ1v) is 11.4. The molecule has 158 valence electrons. The van der Waals surface area contributed by atoms with Crippen molar-refractivity contribution in [3.63, 3.8) is 0 Å². The number of aromatic nitrogens is 2. The summed E-state index contributed by atoms with van der Waals surface area (Å²) >= 11 is 0. The number of hydrogen-bond donors (Lipinski definition) is 2. The van der Waals surface area contributed by atoms with E-state index in [1.807, 2.05) is 36.4 Å². The zero-order valence-electron chi connectivity index (χ0n) is 17.1. The summed E-state index contributed by atoms with van der Waals surface area (Å²) < 4.78 is 35.4. The van der Waals surface area contributed by atoms with E-state index >= 15 is 0 Å². The quantitative estimate of drug-likeness (QED) is 0.630. The molecule has 0 saturated heterocycles. The van der Waals surface area contributed by atoms with Crippen LogP contribution in [0.3, 0.4) is 0 Å². The summed E-state index contributed by atoms with van der Waals surface area (Å²) in [6, 6.07) is 15.9. The summed E-state index contributed by atoms with van der Waals surface area (Å²) in [4.78, 5) is 4.07. The number of sulfonamides is 1. The SMILES string of the molecule is Cc1ncc(S(=O)(=O)NCc2ccc3c(c2)C(Cc2ccccc2)C(N)CO3)n1C. The second kappa shape index (κ2) is 8.22. The first-order valence-electron chi connectivity index (χ1n) is 9.88. The third-order valence-corrected chi connectivity index (χ3v) is 7.09. The van der Waals surface area contributed by atoms with Gasteiger partial charge in [-0.3, -0.25) is 0 Å². The first kappa shape index (κ1) is 20.6. The van der Waals surface area contributed by atoms with Crippen molar-refractivity contribution >= 4 is 10.0 Å². The maximum atomic E-state index is 12.7. The van der Waals surface area contributed by atoms with Crippen LogP contribution in [0.2, 0.25) is 0 Å². The minimum atomic E-state index is -3.67. The number of ether oxygens (including phenoxy) is 1. The molecule has 2 aromatic carbocycles. The molecule has 0 aliphatic carbocycles. The molecule has 8 heteroatoms. The molecule has 0 bridgehead atoms. The Kier molecular flexibility index (Phi) is 5.64. The van der Waals surface area contributed by atoms with Crippen LogP contribution in [0.1, 0.15) is 28.4 Å². The van der Waals surface area contributed by atoms with E-state index < -0.39 is 10.0 Å². The largest absolute Gasteiger partial charge is 0.492 e. The molecule has 3 aromatic rings. The fraction of sp³-hybridized carbons (Fsp3) is 0.318. The van der Waals surface area contributed by atoms with Crippen LogP contribution in [0.25, 0.3) is 0 Å². The Balaban J connectivity index is 1.56. The Morgan fingerprint density at radius 2 is 1.97 bits per heavy atom. The lowest BCUT2D eigenvalue weighted by Crippen LogP contribution is -2.39. The number of nitrogens with two attached hydrogens (primary N) is 1. The molecule has 0 fully saturated rings. The molecule has 7 nitrogen and oxygen atoms in total. The summed E-state index contributed by atoms with van der Waals surface area (Å²) in [5.74, 6) is 1.55. The van der Waals surface area contributed by atoms with Crippen molar-refractivity contribution in [3.8, 4) is 5.75 Å². The molecule has 30 heavy (non-hydrogen) atoms. The van der Waals surface area contributed by atoms with Crippen molar-refractivity contribution in [2.24, 2.45) is 12.8 Å². The van der Waals surface area contributed by atoms with Crippen molar-refractivity contribution in [2.75, 3.05) is 6.61 Å². The first-order chi connectivity index (χ1) is 14.3. The van der Waals surface area contributed by atoms with Gasteiger partial charge in [0.05, 0.1) is 6.20 Å². The highest BCUT2D eigenvalue weighted by Gasteiger charge is 2.29. The lowest BCUT2D eigenvalue weighted by molar-refractivity contribution is 0.238. The zero-order chi connectivity index (χ0) is 21.3. The van der Waals surface area contributed by atoms with Crippen LogP contribution in [-0.4, -0.2) is 30.6 Å². The maximum absolute atomic E-state index is 12.7. The van der Waals surface area contributed by atoms with Gasteiger partial charge >= 0.3 is 0 Å². The number of nitrogens with one attached hydrogen (secondary N) is 1. The Hall–Kier alpha value is -2.68. The number of benzene rings is 2. The summed E-state index contributed by atoms with van der Waals surface area (Å²) in [6.07, 6.45) is 2.18. The maximum Gasteiger partial charge on any atom is 0.258 e.